The van der Waals surface area contributed by atoms with Gasteiger partial charge in [-0.2, -0.15) is 0 Å². The SMILES string of the molecule is Nc1c(C(=O)NCC(=O)N2CCCC2)sc2ccccc12. The van der Waals surface area contributed by atoms with Gasteiger partial charge in [0.2, 0.25) is 5.91 Å². The summed E-state index contributed by atoms with van der Waals surface area (Å²) in [7, 11) is 0. The van der Waals surface area contributed by atoms with Crippen molar-refractivity contribution in [2.75, 3.05) is 25.4 Å². The van der Waals surface area contributed by atoms with Crippen LogP contribution in [0.4, 0.5) is 5.69 Å². The van der Waals surface area contributed by atoms with E-state index in [1.54, 1.807) is 4.90 Å². The predicted molar refractivity (Wildman–Crippen MR) is 84.4 cm³/mol. The molecule has 5 nitrogen and oxygen atoms in total. The lowest BCUT2D eigenvalue weighted by Gasteiger charge is -2.15. The third-order valence-corrected chi connectivity index (χ3v) is 4.88. The smallest absolute Gasteiger partial charge is 0.263 e. The molecule has 3 N–H and O–H groups in total. The second-order valence-corrected chi connectivity index (χ2v) is 6.16. The molecule has 0 saturated carbocycles. The highest BCUT2D eigenvalue weighted by Gasteiger charge is 2.20. The summed E-state index contributed by atoms with van der Waals surface area (Å²) in [5.74, 6) is -0.304. The number of anilines is 1. The number of carbonyl (C=O) groups is 2. The van der Waals surface area contributed by atoms with E-state index in [1.807, 2.05) is 24.3 Å². The number of thiophene rings is 1. The Bertz CT molecular complexity index is 689. The number of hydrogen-bond acceptors (Lipinski definition) is 4. The van der Waals surface area contributed by atoms with Crippen LogP contribution in [-0.2, 0) is 4.79 Å². The van der Waals surface area contributed by atoms with Crippen LogP contribution in [0.5, 0.6) is 0 Å². The van der Waals surface area contributed by atoms with E-state index in [0.29, 0.717) is 10.6 Å². The molecule has 1 aliphatic heterocycles. The van der Waals surface area contributed by atoms with Crippen molar-refractivity contribution in [3.05, 3.63) is 29.1 Å². The molecular formula is C15H17N3O2S. The van der Waals surface area contributed by atoms with Gasteiger partial charge in [0.1, 0.15) is 4.88 Å². The number of nitrogens with zero attached hydrogens (tertiary/aromatic N) is 1. The van der Waals surface area contributed by atoms with Gasteiger partial charge >= 0.3 is 0 Å². The Morgan fingerprint density at radius 3 is 2.67 bits per heavy atom. The lowest BCUT2D eigenvalue weighted by molar-refractivity contribution is -0.129. The monoisotopic (exact) mass is 303 g/mol. The fourth-order valence-electron chi connectivity index (χ4n) is 2.55. The maximum atomic E-state index is 12.2. The molecule has 2 amide bonds. The van der Waals surface area contributed by atoms with Crippen molar-refractivity contribution >= 4 is 38.9 Å². The van der Waals surface area contributed by atoms with E-state index in [4.69, 9.17) is 5.73 Å². The summed E-state index contributed by atoms with van der Waals surface area (Å²) in [5.41, 5.74) is 6.51. The molecule has 6 heteroatoms. The van der Waals surface area contributed by atoms with Gasteiger partial charge in [-0.1, -0.05) is 18.2 Å². The van der Waals surface area contributed by atoms with E-state index in [-0.39, 0.29) is 18.4 Å². The first kappa shape index (κ1) is 13.9. The van der Waals surface area contributed by atoms with Crippen LogP contribution in [-0.4, -0.2) is 36.3 Å². The van der Waals surface area contributed by atoms with E-state index >= 15 is 0 Å². The summed E-state index contributed by atoms with van der Waals surface area (Å²) in [6.45, 7) is 1.62. The summed E-state index contributed by atoms with van der Waals surface area (Å²) < 4.78 is 0.978. The summed E-state index contributed by atoms with van der Waals surface area (Å²) >= 11 is 1.35. The average molecular weight is 303 g/mol. The molecule has 0 spiro atoms. The van der Waals surface area contributed by atoms with E-state index < -0.39 is 0 Å². The zero-order valence-electron chi connectivity index (χ0n) is 11.6. The molecule has 0 radical (unpaired) electrons. The molecule has 0 atom stereocenters. The van der Waals surface area contributed by atoms with Gasteiger partial charge in [0, 0.05) is 23.2 Å². The quantitative estimate of drug-likeness (QED) is 0.908. The number of benzene rings is 1. The Morgan fingerprint density at radius 1 is 1.24 bits per heavy atom. The number of likely N-dealkylation sites (tertiary alicyclic amines) is 1. The van der Waals surface area contributed by atoms with Gasteiger partial charge in [0.25, 0.3) is 5.91 Å². The van der Waals surface area contributed by atoms with Crippen molar-refractivity contribution in [3.63, 3.8) is 0 Å². The summed E-state index contributed by atoms with van der Waals surface area (Å²) in [6.07, 6.45) is 2.09. The first-order valence-electron chi connectivity index (χ1n) is 7.00. The van der Waals surface area contributed by atoms with Crippen molar-refractivity contribution in [1.29, 1.82) is 0 Å². The van der Waals surface area contributed by atoms with Gasteiger partial charge in [-0.15, -0.1) is 11.3 Å². The molecule has 1 aromatic carbocycles. The van der Waals surface area contributed by atoms with Crippen molar-refractivity contribution in [3.8, 4) is 0 Å². The van der Waals surface area contributed by atoms with E-state index in [2.05, 4.69) is 5.32 Å². The minimum Gasteiger partial charge on any atom is -0.397 e. The zero-order valence-corrected chi connectivity index (χ0v) is 12.4. The van der Waals surface area contributed by atoms with E-state index in [0.717, 1.165) is 36.0 Å². The Balaban J connectivity index is 1.69. The Kier molecular flexibility index (Phi) is 3.79. The minimum absolute atomic E-state index is 0.0273. The second kappa shape index (κ2) is 5.73. The topological polar surface area (TPSA) is 75.4 Å². The molecule has 2 heterocycles. The molecule has 0 aliphatic carbocycles. The second-order valence-electron chi connectivity index (χ2n) is 5.11. The van der Waals surface area contributed by atoms with Crippen LogP contribution in [0.1, 0.15) is 22.5 Å². The number of nitrogens with two attached hydrogens (primary N) is 1. The van der Waals surface area contributed by atoms with Crippen LogP contribution in [0.2, 0.25) is 0 Å². The molecule has 0 bridgehead atoms. The van der Waals surface area contributed by atoms with Gasteiger partial charge < -0.3 is 16.0 Å². The highest BCUT2D eigenvalue weighted by molar-refractivity contribution is 7.21. The molecule has 1 aliphatic rings. The predicted octanol–water partition coefficient (Wildman–Crippen LogP) is 1.84. The van der Waals surface area contributed by atoms with E-state index in [9.17, 15) is 9.59 Å². The lowest BCUT2D eigenvalue weighted by Crippen LogP contribution is -2.38. The highest BCUT2D eigenvalue weighted by atomic mass is 32.1. The molecule has 1 saturated heterocycles. The summed E-state index contributed by atoms with van der Waals surface area (Å²) in [6, 6.07) is 7.64. The molecule has 0 unspecified atom stereocenters. The van der Waals surface area contributed by atoms with Gasteiger partial charge in [0.05, 0.1) is 12.2 Å². The standard InChI is InChI=1S/C15H17N3O2S/c16-13-10-5-1-2-6-11(10)21-14(13)15(20)17-9-12(19)18-7-3-4-8-18/h1-2,5-6H,3-4,7-9,16H2,(H,17,20). The Labute approximate surface area is 126 Å². The highest BCUT2D eigenvalue weighted by Crippen LogP contribution is 2.33. The number of fused-ring (bicyclic) bond motifs is 1. The zero-order chi connectivity index (χ0) is 14.8. The Hall–Kier alpha value is -2.08. The maximum Gasteiger partial charge on any atom is 0.263 e. The van der Waals surface area contributed by atoms with Crippen LogP contribution < -0.4 is 11.1 Å². The Morgan fingerprint density at radius 2 is 1.95 bits per heavy atom. The van der Waals surface area contributed by atoms with Crippen LogP contribution in [0.15, 0.2) is 24.3 Å². The van der Waals surface area contributed by atoms with Crippen LogP contribution in [0, 0.1) is 0 Å². The molecule has 110 valence electrons. The molecule has 21 heavy (non-hydrogen) atoms. The van der Waals surface area contributed by atoms with Gasteiger partial charge in [-0.05, 0) is 18.9 Å². The van der Waals surface area contributed by atoms with Gasteiger partial charge in [-0.3, -0.25) is 9.59 Å². The molecule has 2 aromatic rings. The number of amides is 2. The normalized spacial score (nSPS) is 14.6. The fraction of sp³-hybridized carbons (Fsp3) is 0.333. The van der Waals surface area contributed by atoms with Gasteiger partial charge in [0.15, 0.2) is 0 Å². The third-order valence-electron chi connectivity index (χ3n) is 3.70. The van der Waals surface area contributed by atoms with Crippen molar-refractivity contribution in [1.82, 2.24) is 10.2 Å². The summed E-state index contributed by atoms with van der Waals surface area (Å²) in [5, 5.41) is 3.57. The number of nitrogens with one attached hydrogen (secondary N) is 1. The molecular weight excluding hydrogens is 286 g/mol. The summed E-state index contributed by atoms with van der Waals surface area (Å²) in [4.78, 5) is 26.4. The van der Waals surface area contributed by atoms with Crippen LogP contribution in [0.3, 0.4) is 0 Å². The lowest BCUT2D eigenvalue weighted by atomic mass is 10.2. The number of hydrogen-bond donors (Lipinski definition) is 2. The van der Waals surface area contributed by atoms with Crippen molar-refractivity contribution in [2.24, 2.45) is 0 Å². The van der Waals surface area contributed by atoms with Crippen LogP contribution >= 0.6 is 11.3 Å². The van der Waals surface area contributed by atoms with Crippen molar-refractivity contribution in [2.45, 2.75) is 12.8 Å². The molecule has 3 rings (SSSR count). The number of nitrogen functional groups attached to an aromatic ring is 1. The molecule has 1 fully saturated rings. The number of rotatable bonds is 3. The van der Waals surface area contributed by atoms with Crippen LogP contribution in [0.25, 0.3) is 10.1 Å². The maximum absolute atomic E-state index is 12.2. The first-order valence-corrected chi connectivity index (χ1v) is 7.81. The molecule has 1 aromatic heterocycles. The average Bonchev–Trinajstić information content (AvgIpc) is 3.13. The first-order chi connectivity index (χ1) is 10.2. The minimum atomic E-state index is -0.277. The fourth-order valence-corrected chi connectivity index (χ4v) is 3.59. The van der Waals surface area contributed by atoms with E-state index in [1.165, 1.54) is 11.3 Å². The third kappa shape index (κ3) is 2.71. The largest absolute Gasteiger partial charge is 0.397 e. The van der Waals surface area contributed by atoms with Crippen molar-refractivity contribution < 1.29 is 9.59 Å². The van der Waals surface area contributed by atoms with Gasteiger partial charge in [-0.25, -0.2) is 0 Å². The number of carbonyl (C=O) groups excluding carboxylic acids is 2.